The van der Waals surface area contributed by atoms with Crippen molar-refractivity contribution < 1.29 is 9.59 Å². The van der Waals surface area contributed by atoms with E-state index in [-0.39, 0.29) is 11.8 Å². The molecule has 6 heteroatoms. The number of unbranched alkanes of at least 4 members (excludes halogenated alkanes) is 2. The molecule has 0 aliphatic carbocycles. The molecule has 3 N–H and O–H groups in total. The van der Waals surface area contributed by atoms with Crippen molar-refractivity contribution in [1.29, 1.82) is 0 Å². The van der Waals surface area contributed by atoms with Crippen LogP contribution in [0.4, 0.5) is 5.69 Å². The molecule has 5 rings (SSSR count). The van der Waals surface area contributed by atoms with E-state index in [0.717, 1.165) is 47.0 Å². The summed E-state index contributed by atoms with van der Waals surface area (Å²) in [5.74, 6) is -0.171. The Morgan fingerprint density at radius 3 is 2.50 bits per heavy atom. The Balaban J connectivity index is 1.56. The van der Waals surface area contributed by atoms with Gasteiger partial charge in [0.15, 0.2) is 0 Å². The van der Waals surface area contributed by atoms with Gasteiger partial charge in [-0.1, -0.05) is 61.0 Å². The number of amides is 2. The highest BCUT2D eigenvalue weighted by atomic mass is 16.2. The van der Waals surface area contributed by atoms with Gasteiger partial charge < -0.3 is 20.5 Å². The number of fused-ring (bicyclic) bond motifs is 2. The largest absolute Gasteiger partial charge is 0.361 e. The van der Waals surface area contributed by atoms with Crippen LogP contribution in [0.15, 0.2) is 85.1 Å². The molecule has 184 valence electrons. The van der Waals surface area contributed by atoms with E-state index >= 15 is 0 Å². The number of nitrogens with one attached hydrogen (secondary N) is 1. The number of aromatic amines is 1. The Morgan fingerprint density at radius 1 is 0.917 bits per heavy atom. The third kappa shape index (κ3) is 4.77. The lowest BCUT2D eigenvalue weighted by atomic mass is 10.0. The number of nitrogens with zero attached hydrogens (tertiary/aromatic N) is 2. The summed E-state index contributed by atoms with van der Waals surface area (Å²) in [5, 5.41) is 1.08. The van der Waals surface area contributed by atoms with E-state index in [1.54, 1.807) is 4.90 Å². The molecule has 1 aromatic heterocycles. The number of benzene rings is 3. The maximum Gasteiger partial charge on any atom is 0.254 e. The highest BCUT2D eigenvalue weighted by Crippen LogP contribution is 2.32. The molecule has 2 heterocycles. The van der Waals surface area contributed by atoms with Gasteiger partial charge in [-0.15, -0.1) is 0 Å². The quantitative estimate of drug-likeness (QED) is 0.352. The van der Waals surface area contributed by atoms with E-state index in [4.69, 9.17) is 5.73 Å². The predicted molar refractivity (Wildman–Crippen MR) is 144 cm³/mol. The molecular weight excluding hydrogens is 448 g/mol. The smallest absolute Gasteiger partial charge is 0.254 e. The van der Waals surface area contributed by atoms with Gasteiger partial charge in [0.25, 0.3) is 5.91 Å². The Labute approximate surface area is 211 Å². The van der Waals surface area contributed by atoms with Crippen molar-refractivity contribution >= 4 is 28.4 Å². The fourth-order valence-electron chi connectivity index (χ4n) is 5.12. The molecule has 2 amide bonds. The van der Waals surface area contributed by atoms with Crippen LogP contribution in [0.3, 0.4) is 0 Å². The molecular formula is C30H32N4O2. The summed E-state index contributed by atoms with van der Waals surface area (Å²) in [7, 11) is 0. The number of rotatable bonds is 8. The van der Waals surface area contributed by atoms with Gasteiger partial charge >= 0.3 is 0 Å². The summed E-state index contributed by atoms with van der Waals surface area (Å²) in [5.41, 5.74) is 10.2. The first-order chi connectivity index (χ1) is 17.7. The molecule has 1 aliphatic rings. The third-order valence-corrected chi connectivity index (χ3v) is 7.01. The summed E-state index contributed by atoms with van der Waals surface area (Å²) < 4.78 is 0. The minimum Gasteiger partial charge on any atom is -0.361 e. The average molecular weight is 481 g/mol. The second-order valence-electron chi connectivity index (χ2n) is 9.35. The molecule has 1 aliphatic heterocycles. The lowest BCUT2D eigenvalue weighted by Gasteiger charge is -2.31. The average Bonchev–Trinajstić information content (AvgIpc) is 3.29. The molecule has 1 atom stereocenters. The Bertz CT molecular complexity index is 1350. The minimum atomic E-state index is -0.626. The topological polar surface area (TPSA) is 82.4 Å². The van der Waals surface area contributed by atoms with Gasteiger partial charge in [0, 0.05) is 47.9 Å². The van der Waals surface area contributed by atoms with Crippen molar-refractivity contribution in [2.75, 3.05) is 18.0 Å². The van der Waals surface area contributed by atoms with Crippen LogP contribution < -0.4 is 10.6 Å². The molecule has 6 nitrogen and oxygen atoms in total. The van der Waals surface area contributed by atoms with Crippen LogP contribution in [0, 0.1) is 0 Å². The molecule has 0 fully saturated rings. The molecule has 36 heavy (non-hydrogen) atoms. The summed E-state index contributed by atoms with van der Waals surface area (Å²) in [6, 6.07) is 24.7. The highest BCUT2D eigenvalue weighted by Gasteiger charge is 2.38. The molecule has 0 saturated carbocycles. The Kier molecular flexibility index (Phi) is 7.14. The Hall–Kier alpha value is -3.90. The monoisotopic (exact) mass is 480 g/mol. The van der Waals surface area contributed by atoms with Crippen molar-refractivity contribution in [3.8, 4) is 0 Å². The van der Waals surface area contributed by atoms with Gasteiger partial charge in [0.05, 0.1) is 0 Å². The van der Waals surface area contributed by atoms with Crippen molar-refractivity contribution in [2.45, 2.75) is 38.3 Å². The van der Waals surface area contributed by atoms with Crippen molar-refractivity contribution in [3.05, 3.63) is 102 Å². The van der Waals surface area contributed by atoms with Gasteiger partial charge in [-0.2, -0.15) is 0 Å². The number of carbonyl (C=O) groups is 2. The van der Waals surface area contributed by atoms with E-state index in [1.807, 2.05) is 83.9 Å². The van der Waals surface area contributed by atoms with Crippen LogP contribution >= 0.6 is 0 Å². The molecule has 0 bridgehead atoms. The number of aromatic nitrogens is 1. The van der Waals surface area contributed by atoms with Crippen molar-refractivity contribution in [2.24, 2.45) is 5.73 Å². The molecule has 4 aromatic rings. The predicted octanol–water partition coefficient (Wildman–Crippen LogP) is 4.90. The van der Waals surface area contributed by atoms with Crippen LogP contribution in [-0.2, 0) is 17.8 Å². The van der Waals surface area contributed by atoms with Gasteiger partial charge in [0.2, 0.25) is 5.91 Å². The van der Waals surface area contributed by atoms with Crippen LogP contribution in [0.25, 0.3) is 10.9 Å². The lowest BCUT2D eigenvalue weighted by molar-refractivity contribution is -0.123. The standard InChI is InChI=1S/C30H32N4O2/c31-17-9-2-10-18-33-27-16-8-5-13-23(27)21-34(29(35)22-11-3-1-4-12-22)28(30(33)36)19-24-20-32-26-15-7-6-14-25(24)26/h1,3-8,11-16,20,28,32H,2,9-10,17-19,21,31H2. The third-order valence-electron chi connectivity index (χ3n) is 7.01. The normalized spacial score (nSPS) is 15.7. The van der Waals surface area contributed by atoms with Crippen LogP contribution in [0.1, 0.15) is 40.7 Å². The summed E-state index contributed by atoms with van der Waals surface area (Å²) in [6.07, 6.45) is 5.16. The van der Waals surface area contributed by atoms with Crippen LogP contribution in [0.5, 0.6) is 0 Å². The second kappa shape index (κ2) is 10.8. The van der Waals surface area contributed by atoms with E-state index in [2.05, 4.69) is 11.1 Å². The number of hydrogen-bond acceptors (Lipinski definition) is 3. The summed E-state index contributed by atoms with van der Waals surface area (Å²) in [4.78, 5) is 35.1. The SMILES string of the molecule is NCCCCCN1C(=O)C(Cc2c[nH]c3ccccc23)N(C(=O)c2ccccc2)Cc2ccccc21. The summed E-state index contributed by atoms with van der Waals surface area (Å²) >= 11 is 0. The molecule has 0 saturated heterocycles. The fraction of sp³-hybridized carbons (Fsp3) is 0.267. The molecule has 0 radical (unpaired) electrons. The zero-order valence-corrected chi connectivity index (χ0v) is 20.4. The number of carbonyl (C=O) groups excluding carboxylic acids is 2. The number of para-hydroxylation sites is 2. The fourth-order valence-corrected chi connectivity index (χ4v) is 5.12. The van der Waals surface area contributed by atoms with E-state index in [0.29, 0.717) is 31.6 Å². The van der Waals surface area contributed by atoms with Gasteiger partial charge in [-0.3, -0.25) is 9.59 Å². The van der Waals surface area contributed by atoms with E-state index in [1.165, 1.54) is 0 Å². The number of nitrogens with two attached hydrogens (primary N) is 1. The van der Waals surface area contributed by atoms with Gasteiger partial charge in [-0.05, 0) is 54.8 Å². The van der Waals surface area contributed by atoms with Gasteiger partial charge in [-0.25, -0.2) is 0 Å². The molecule has 3 aromatic carbocycles. The zero-order chi connectivity index (χ0) is 24.9. The first-order valence-electron chi connectivity index (χ1n) is 12.7. The summed E-state index contributed by atoms with van der Waals surface area (Å²) in [6.45, 7) is 1.63. The zero-order valence-electron chi connectivity index (χ0n) is 20.4. The number of anilines is 1. The van der Waals surface area contributed by atoms with Crippen LogP contribution in [-0.4, -0.2) is 40.8 Å². The minimum absolute atomic E-state index is 0.0396. The highest BCUT2D eigenvalue weighted by molar-refractivity contribution is 6.04. The first kappa shape index (κ1) is 23.8. The van der Waals surface area contributed by atoms with E-state index in [9.17, 15) is 9.59 Å². The first-order valence-corrected chi connectivity index (χ1v) is 12.7. The van der Waals surface area contributed by atoms with Crippen LogP contribution in [0.2, 0.25) is 0 Å². The number of H-pyrrole nitrogens is 1. The van der Waals surface area contributed by atoms with Gasteiger partial charge in [0.1, 0.15) is 6.04 Å². The van der Waals surface area contributed by atoms with Crippen molar-refractivity contribution in [1.82, 2.24) is 9.88 Å². The number of hydrogen-bond donors (Lipinski definition) is 2. The maximum absolute atomic E-state index is 14.3. The molecule has 1 unspecified atom stereocenters. The Morgan fingerprint density at radius 2 is 1.67 bits per heavy atom. The van der Waals surface area contributed by atoms with Crippen molar-refractivity contribution in [3.63, 3.8) is 0 Å². The second-order valence-corrected chi connectivity index (χ2v) is 9.35. The maximum atomic E-state index is 14.3. The lowest BCUT2D eigenvalue weighted by Crippen LogP contribution is -2.50. The van der Waals surface area contributed by atoms with E-state index < -0.39 is 6.04 Å². The molecule has 0 spiro atoms.